The molecule has 1 fully saturated rings. The molecule has 21 heavy (non-hydrogen) atoms. The van der Waals surface area contributed by atoms with E-state index in [-0.39, 0.29) is 11.4 Å². The summed E-state index contributed by atoms with van der Waals surface area (Å²) in [7, 11) is 0. The highest BCUT2D eigenvalue weighted by molar-refractivity contribution is 6.01. The van der Waals surface area contributed by atoms with Crippen LogP contribution in [0.4, 0.5) is 10.5 Å². The van der Waals surface area contributed by atoms with Crippen LogP contribution >= 0.6 is 0 Å². The van der Waals surface area contributed by atoms with Crippen LogP contribution in [-0.2, 0) is 11.2 Å². The summed E-state index contributed by atoms with van der Waals surface area (Å²) in [5.41, 5.74) is 1.80. The normalized spacial score (nSPS) is 22.3. The van der Waals surface area contributed by atoms with E-state index in [2.05, 4.69) is 12.2 Å². The average Bonchev–Trinajstić information content (AvgIpc) is 2.82. The Kier molecular flexibility index (Phi) is 3.35. The predicted molar refractivity (Wildman–Crippen MR) is 79.4 cm³/mol. The molecule has 2 amide bonds. The van der Waals surface area contributed by atoms with E-state index in [0.717, 1.165) is 18.4 Å². The largest absolute Gasteiger partial charge is 0.480 e. The maximum Gasteiger partial charge on any atom is 0.327 e. The van der Waals surface area contributed by atoms with Crippen molar-refractivity contribution in [1.82, 2.24) is 5.32 Å². The van der Waals surface area contributed by atoms with Gasteiger partial charge in [-0.2, -0.15) is 0 Å². The molecule has 0 aromatic heterocycles. The van der Waals surface area contributed by atoms with E-state index < -0.39 is 12.0 Å². The predicted octanol–water partition coefficient (Wildman–Crippen LogP) is 2.40. The third-order valence-corrected chi connectivity index (χ3v) is 4.71. The van der Waals surface area contributed by atoms with Gasteiger partial charge in [-0.05, 0) is 29.9 Å². The summed E-state index contributed by atoms with van der Waals surface area (Å²) < 4.78 is 0. The Morgan fingerprint density at radius 3 is 2.71 bits per heavy atom. The van der Waals surface area contributed by atoms with E-state index in [1.54, 1.807) is 0 Å². The van der Waals surface area contributed by atoms with Crippen LogP contribution in [-0.4, -0.2) is 29.7 Å². The molecule has 1 aliphatic heterocycles. The van der Waals surface area contributed by atoms with Gasteiger partial charge in [0.2, 0.25) is 0 Å². The monoisotopic (exact) mass is 288 g/mol. The highest BCUT2D eigenvalue weighted by Gasteiger charge is 2.39. The molecule has 0 radical (unpaired) electrons. The molecule has 1 heterocycles. The van der Waals surface area contributed by atoms with Crippen molar-refractivity contribution in [1.29, 1.82) is 0 Å². The second kappa shape index (κ2) is 5.06. The molecule has 112 valence electrons. The zero-order chi connectivity index (χ0) is 15.0. The first-order chi connectivity index (χ1) is 10.0. The van der Waals surface area contributed by atoms with Gasteiger partial charge in [0, 0.05) is 18.7 Å². The third kappa shape index (κ3) is 2.48. The van der Waals surface area contributed by atoms with Gasteiger partial charge in [-0.1, -0.05) is 31.5 Å². The Morgan fingerprint density at radius 2 is 2.10 bits per heavy atom. The number of nitrogens with zero attached hydrogens (tertiary/aromatic N) is 1. The molecular formula is C16H20N2O3. The Bertz CT molecular complexity index is 581. The quantitative estimate of drug-likeness (QED) is 0.897. The number of nitrogens with one attached hydrogen (secondary N) is 1. The highest BCUT2D eigenvalue weighted by Crippen LogP contribution is 2.39. The molecule has 3 rings (SSSR count). The van der Waals surface area contributed by atoms with Crippen LogP contribution in [0, 0.1) is 5.41 Å². The summed E-state index contributed by atoms with van der Waals surface area (Å²) in [6.45, 7) is 2.76. The molecule has 0 bridgehead atoms. The van der Waals surface area contributed by atoms with Crippen LogP contribution in [0.2, 0.25) is 0 Å². The van der Waals surface area contributed by atoms with Crippen molar-refractivity contribution in [2.75, 3.05) is 11.4 Å². The minimum absolute atomic E-state index is 0.174. The van der Waals surface area contributed by atoms with Gasteiger partial charge < -0.3 is 10.4 Å². The van der Waals surface area contributed by atoms with Crippen molar-refractivity contribution < 1.29 is 14.7 Å². The molecule has 1 aliphatic carbocycles. The first-order valence-electron chi connectivity index (χ1n) is 7.38. The van der Waals surface area contributed by atoms with Crippen LogP contribution in [0.3, 0.4) is 0 Å². The summed E-state index contributed by atoms with van der Waals surface area (Å²) in [5, 5.41) is 12.3. The Balaban J connectivity index is 1.77. The number of hydrogen-bond acceptors (Lipinski definition) is 2. The fraction of sp³-hybridized carbons (Fsp3) is 0.500. The van der Waals surface area contributed by atoms with Crippen molar-refractivity contribution in [2.45, 2.75) is 38.6 Å². The molecule has 1 aromatic carbocycles. The number of amides is 2. The molecule has 2 aliphatic rings. The molecule has 1 aromatic rings. The molecule has 2 N–H and O–H groups in total. The van der Waals surface area contributed by atoms with Gasteiger partial charge in [0.25, 0.3) is 0 Å². The van der Waals surface area contributed by atoms with E-state index in [4.69, 9.17) is 0 Å². The smallest absolute Gasteiger partial charge is 0.327 e. The minimum atomic E-state index is -0.962. The van der Waals surface area contributed by atoms with E-state index in [9.17, 15) is 14.7 Å². The lowest BCUT2D eigenvalue weighted by Gasteiger charge is -2.39. The standard InChI is InChI=1S/C16H20N2O3/c1-16(7-4-8-16)10-17-15(21)18-12-6-3-2-5-11(12)9-13(18)14(19)20/h2-3,5-6,13H,4,7-10H2,1H3,(H,17,21)(H,19,20)/t13-/m0/s1. The number of benzene rings is 1. The van der Waals surface area contributed by atoms with Crippen molar-refractivity contribution in [3.05, 3.63) is 29.8 Å². The molecule has 5 heteroatoms. The summed E-state index contributed by atoms with van der Waals surface area (Å²) in [5.74, 6) is -0.962. The summed E-state index contributed by atoms with van der Waals surface area (Å²) in [6.07, 6.45) is 3.81. The van der Waals surface area contributed by atoms with Crippen molar-refractivity contribution in [3.8, 4) is 0 Å². The van der Waals surface area contributed by atoms with Crippen LogP contribution in [0.25, 0.3) is 0 Å². The second-order valence-electron chi connectivity index (χ2n) is 6.38. The van der Waals surface area contributed by atoms with Gasteiger partial charge in [-0.25, -0.2) is 9.59 Å². The molecule has 0 saturated heterocycles. The van der Waals surface area contributed by atoms with Gasteiger partial charge in [0.05, 0.1) is 0 Å². The number of anilines is 1. The summed E-state index contributed by atoms with van der Waals surface area (Å²) >= 11 is 0. The van der Waals surface area contributed by atoms with Gasteiger partial charge in [-0.15, -0.1) is 0 Å². The molecular weight excluding hydrogens is 268 g/mol. The summed E-state index contributed by atoms with van der Waals surface area (Å²) in [4.78, 5) is 25.3. The van der Waals surface area contributed by atoms with Crippen LogP contribution in [0.1, 0.15) is 31.7 Å². The molecule has 0 spiro atoms. The Morgan fingerprint density at radius 1 is 1.38 bits per heavy atom. The SMILES string of the molecule is CC1(CNC(=O)N2c3ccccc3C[C@H]2C(=O)O)CCC1. The minimum Gasteiger partial charge on any atom is -0.480 e. The number of carboxylic acid groups (broad SMARTS) is 1. The van der Waals surface area contributed by atoms with Gasteiger partial charge in [0.15, 0.2) is 0 Å². The second-order valence-corrected chi connectivity index (χ2v) is 6.38. The van der Waals surface area contributed by atoms with Gasteiger partial charge in [-0.3, -0.25) is 4.90 Å². The van der Waals surface area contributed by atoms with Crippen molar-refractivity contribution in [2.24, 2.45) is 5.41 Å². The molecule has 1 atom stereocenters. The Labute approximate surface area is 123 Å². The van der Waals surface area contributed by atoms with E-state index in [1.807, 2.05) is 24.3 Å². The van der Waals surface area contributed by atoms with Crippen LogP contribution in [0.5, 0.6) is 0 Å². The third-order valence-electron chi connectivity index (χ3n) is 4.71. The van der Waals surface area contributed by atoms with Gasteiger partial charge in [0.1, 0.15) is 6.04 Å². The first-order valence-corrected chi connectivity index (χ1v) is 7.38. The lowest BCUT2D eigenvalue weighted by molar-refractivity contribution is -0.138. The van der Waals surface area contributed by atoms with E-state index >= 15 is 0 Å². The number of carbonyl (C=O) groups is 2. The Hall–Kier alpha value is -2.04. The molecule has 5 nitrogen and oxygen atoms in total. The van der Waals surface area contributed by atoms with Gasteiger partial charge >= 0.3 is 12.0 Å². The molecule has 0 unspecified atom stereocenters. The maximum absolute atomic E-state index is 12.5. The maximum atomic E-state index is 12.5. The zero-order valence-corrected chi connectivity index (χ0v) is 12.1. The summed E-state index contributed by atoms with van der Waals surface area (Å²) in [6, 6.07) is 6.27. The number of para-hydroxylation sites is 1. The number of hydrogen-bond donors (Lipinski definition) is 2. The van der Waals surface area contributed by atoms with E-state index in [1.165, 1.54) is 11.3 Å². The lowest BCUT2D eigenvalue weighted by Crippen LogP contribution is -2.50. The van der Waals surface area contributed by atoms with Crippen molar-refractivity contribution >= 4 is 17.7 Å². The number of rotatable bonds is 3. The van der Waals surface area contributed by atoms with Crippen LogP contribution in [0.15, 0.2) is 24.3 Å². The number of urea groups is 1. The van der Waals surface area contributed by atoms with Crippen LogP contribution < -0.4 is 10.2 Å². The molecule has 1 saturated carbocycles. The first kappa shape index (κ1) is 13.9. The zero-order valence-electron chi connectivity index (χ0n) is 12.1. The number of carbonyl (C=O) groups excluding carboxylic acids is 1. The van der Waals surface area contributed by atoms with E-state index in [0.29, 0.717) is 18.7 Å². The van der Waals surface area contributed by atoms with Crippen molar-refractivity contribution in [3.63, 3.8) is 0 Å². The highest BCUT2D eigenvalue weighted by atomic mass is 16.4. The average molecular weight is 288 g/mol. The fourth-order valence-corrected chi connectivity index (χ4v) is 3.17. The lowest BCUT2D eigenvalue weighted by atomic mass is 9.70. The number of carboxylic acids is 1. The number of aliphatic carboxylic acids is 1. The fourth-order valence-electron chi connectivity index (χ4n) is 3.17. The number of fused-ring (bicyclic) bond motifs is 1. The topological polar surface area (TPSA) is 69.6 Å².